The van der Waals surface area contributed by atoms with Crippen LogP contribution in [-0.4, -0.2) is 10.8 Å². The van der Waals surface area contributed by atoms with E-state index in [1.54, 1.807) is 41.3 Å². The highest BCUT2D eigenvalue weighted by atomic mass is 19.1. The molecule has 96 valence electrons. The van der Waals surface area contributed by atoms with Crippen LogP contribution in [0.25, 0.3) is 0 Å². The number of rotatable bonds is 2. The molecule has 0 saturated heterocycles. The molecule has 0 fully saturated rings. The van der Waals surface area contributed by atoms with Crippen LogP contribution >= 0.6 is 0 Å². The van der Waals surface area contributed by atoms with Gasteiger partial charge in [0, 0.05) is 35.5 Å². The van der Waals surface area contributed by atoms with Crippen molar-refractivity contribution in [3.63, 3.8) is 0 Å². The fourth-order valence-electron chi connectivity index (χ4n) is 2.37. The lowest BCUT2D eigenvalue weighted by Gasteiger charge is -2.16. The van der Waals surface area contributed by atoms with Gasteiger partial charge >= 0.3 is 0 Å². The minimum Gasteiger partial charge on any atom is -0.398 e. The highest BCUT2D eigenvalue weighted by molar-refractivity contribution is 5.99. The number of carbonyl (C=O) groups excluding carboxylic acids is 1. The Balaban J connectivity index is 1.89. The molecule has 3 rings (SSSR count). The van der Waals surface area contributed by atoms with Crippen molar-refractivity contribution in [2.45, 2.75) is 13.1 Å². The monoisotopic (exact) mass is 256 g/mol. The number of amides is 1. The summed E-state index contributed by atoms with van der Waals surface area (Å²) in [5.74, 6) is -0.384. The van der Waals surface area contributed by atoms with Gasteiger partial charge in [-0.1, -0.05) is 24.3 Å². The molecule has 0 spiro atoms. The average molecular weight is 256 g/mol. The number of fused-ring (bicyclic) bond motifs is 1. The summed E-state index contributed by atoms with van der Waals surface area (Å²) in [5.41, 5.74) is 8.45. The summed E-state index contributed by atoms with van der Waals surface area (Å²) in [5, 5.41) is 0. The van der Waals surface area contributed by atoms with Crippen molar-refractivity contribution in [3.05, 3.63) is 65.0 Å². The van der Waals surface area contributed by atoms with E-state index in [2.05, 4.69) is 0 Å². The van der Waals surface area contributed by atoms with Gasteiger partial charge in [0.1, 0.15) is 5.82 Å². The van der Waals surface area contributed by atoms with E-state index in [1.165, 1.54) is 6.07 Å². The SMILES string of the molecule is Nc1cccc2c1CN(Cc1ccccc1F)C2=O. The number of halogens is 1. The van der Waals surface area contributed by atoms with Crippen molar-refractivity contribution in [1.29, 1.82) is 0 Å². The highest BCUT2D eigenvalue weighted by Gasteiger charge is 2.28. The van der Waals surface area contributed by atoms with Gasteiger partial charge in [-0.25, -0.2) is 4.39 Å². The molecule has 0 saturated carbocycles. The number of nitrogens with two attached hydrogens (primary N) is 1. The molecule has 1 aliphatic rings. The van der Waals surface area contributed by atoms with Crippen LogP contribution in [0.5, 0.6) is 0 Å². The third kappa shape index (κ3) is 1.95. The molecular formula is C15H13FN2O. The Morgan fingerprint density at radius 2 is 1.95 bits per heavy atom. The van der Waals surface area contributed by atoms with Gasteiger partial charge in [0.05, 0.1) is 0 Å². The van der Waals surface area contributed by atoms with Gasteiger partial charge in [-0.05, 0) is 18.2 Å². The summed E-state index contributed by atoms with van der Waals surface area (Å²) >= 11 is 0. The smallest absolute Gasteiger partial charge is 0.254 e. The van der Waals surface area contributed by atoms with E-state index >= 15 is 0 Å². The van der Waals surface area contributed by atoms with Crippen LogP contribution in [0, 0.1) is 5.82 Å². The summed E-state index contributed by atoms with van der Waals surface area (Å²) in [7, 11) is 0. The minimum atomic E-state index is -0.292. The Morgan fingerprint density at radius 3 is 2.68 bits per heavy atom. The third-order valence-electron chi connectivity index (χ3n) is 3.40. The lowest BCUT2D eigenvalue weighted by Crippen LogP contribution is -2.23. The summed E-state index contributed by atoms with van der Waals surface area (Å²) < 4.78 is 13.6. The number of hydrogen-bond donors (Lipinski definition) is 1. The predicted octanol–water partition coefficient (Wildman–Crippen LogP) is 2.56. The molecule has 2 aromatic carbocycles. The summed E-state index contributed by atoms with van der Waals surface area (Å²) in [4.78, 5) is 13.8. The maximum absolute atomic E-state index is 13.6. The number of nitrogen functional groups attached to an aromatic ring is 1. The van der Waals surface area contributed by atoms with Gasteiger partial charge in [-0.15, -0.1) is 0 Å². The van der Waals surface area contributed by atoms with Crippen LogP contribution in [0.4, 0.5) is 10.1 Å². The van der Waals surface area contributed by atoms with Crippen molar-refractivity contribution in [2.24, 2.45) is 0 Å². The van der Waals surface area contributed by atoms with Crippen LogP contribution in [0.15, 0.2) is 42.5 Å². The second-order valence-corrected chi connectivity index (χ2v) is 4.63. The van der Waals surface area contributed by atoms with Crippen molar-refractivity contribution in [3.8, 4) is 0 Å². The first kappa shape index (κ1) is 11.7. The fraction of sp³-hybridized carbons (Fsp3) is 0.133. The van der Waals surface area contributed by atoms with Crippen LogP contribution in [0.3, 0.4) is 0 Å². The maximum atomic E-state index is 13.6. The van der Waals surface area contributed by atoms with Crippen molar-refractivity contribution in [1.82, 2.24) is 4.90 Å². The molecule has 3 nitrogen and oxygen atoms in total. The molecule has 0 bridgehead atoms. The van der Waals surface area contributed by atoms with E-state index in [1.807, 2.05) is 0 Å². The molecule has 0 radical (unpaired) electrons. The fourth-order valence-corrected chi connectivity index (χ4v) is 2.37. The highest BCUT2D eigenvalue weighted by Crippen LogP contribution is 2.28. The second-order valence-electron chi connectivity index (χ2n) is 4.63. The minimum absolute atomic E-state index is 0.0921. The standard InChI is InChI=1S/C15H13FN2O/c16-13-6-2-1-4-10(13)8-18-9-12-11(15(18)19)5-3-7-14(12)17/h1-7H,8-9,17H2. The summed E-state index contributed by atoms with van der Waals surface area (Å²) in [6.45, 7) is 0.703. The average Bonchev–Trinajstić information content (AvgIpc) is 2.72. The lowest BCUT2D eigenvalue weighted by molar-refractivity contribution is 0.0765. The van der Waals surface area contributed by atoms with E-state index in [4.69, 9.17) is 5.73 Å². The summed E-state index contributed by atoms with van der Waals surface area (Å²) in [6, 6.07) is 11.8. The molecule has 0 unspecified atom stereocenters. The quantitative estimate of drug-likeness (QED) is 0.839. The second kappa shape index (κ2) is 4.39. The van der Waals surface area contributed by atoms with Gasteiger partial charge in [-0.2, -0.15) is 0 Å². The molecule has 4 heteroatoms. The Bertz CT molecular complexity index is 654. The zero-order valence-corrected chi connectivity index (χ0v) is 10.3. The van der Waals surface area contributed by atoms with Crippen LogP contribution in [-0.2, 0) is 13.1 Å². The molecule has 2 aromatic rings. The largest absolute Gasteiger partial charge is 0.398 e. The molecule has 1 heterocycles. The molecular weight excluding hydrogens is 243 g/mol. The number of nitrogens with zero attached hydrogens (tertiary/aromatic N) is 1. The number of hydrogen-bond acceptors (Lipinski definition) is 2. The molecule has 0 atom stereocenters. The lowest BCUT2D eigenvalue weighted by atomic mass is 10.1. The van der Waals surface area contributed by atoms with Crippen molar-refractivity contribution in [2.75, 3.05) is 5.73 Å². The predicted molar refractivity (Wildman–Crippen MR) is 70.8 cm³/mol. The zero-order chi connectivity index (χ0) is 13.4. The third-order valence-corrected chi connectivity index (χ3v) is 3.40. The Kier molecular flexibility index (Phi) is 2.71. The first-order chi connectivity index (χ1) is 9.16. The molecule has 0 aromatic heterocycles. The van der Waals surface area contributed by atoms with E-state index < -0.39 is 0 Å². The van der Waals surface area contributed by atoms with E-state index in [-0.39, 0.29) is 18.3 Å². The van der Waals surface area contributed by atoms with Crippen molar-refractivity contribution >= 4 is 11.6 Å². The molecule has 2 N–H and O–H groups in total. The van der Waals surface area contributed by atoms with E-state index in [0.717, 1.165) is 5.56 Å². The van der Waals surface area contributed by atoms with Gasteiger partial charge in [-0.3, -0.25) is 4.79 Å². The van der Waals surface area contributed by atoms with Gasteiger partial charge < -0.3 is 10.6 Å². The zero-order valence-electron chi connectivity index (χ0n) is 10.3. The van der Waals surface area contributed by atoms with Crippen LogP contribution < -0.4 is 5.73 Å². The Labute approximate surface area is 110 Å². The summed E-state index contributed by atoms with van der Waals surface area (Å²) in [6.07, 6.45) is 0. The molecule has 1 amide bonds. The number of anilines is 1. The Morgan fingerprint density at radius 1 is 1.16 bits per heavy atom. The van der Waals surface area contributed by atoms with E-state index in [9.17, 15) is 9.18 Å². The van der Waals surface area contributed by atoms with Gasteiger partial charge in [0.15, 0.2) is 0 Å². The Hall–Kier alpha value is -2.36. The van der Waals surface area contributed by atoms with Crippen LogP contribution in [0.1, 0.15) is 21.5 Å². The van der Waals surface area contributed by atoms with E-state index in [0.29, 0.717) is 23.4 Å². The first-order valence-electron chi connectivity index (χ1n) is 6.07. The van der Waals surface area contributed by atoms with Crippen molar-refractivity contribution < 1.29 is 9.18 Å². The number of carbonyl (C=O) groups is 1. The maximum Gasteiger partial charge on any atom is 0.254 e. The number of benzene rings is 2. The molecule has 19 heavy (non-hydrogen) atoms. The molecule has 0 aliphatic carbocycles. The van der Waals surface area contributed by atoms with Gasteiger partial charge in [0.2, 0.25) is 0 Å². The molecule has 1 aliphatic heterocycles. The van der Waals surface area contributed by atoms with Gasteiger partial charge in [0.25, 0.3) is 5.91 Å². The normalized spacial score (nSPS) is 13.7. The topological polar surface area (TPSA) is 46.3 Å². The first-order valence-corrected chi connectivity index (χ1v) is 6.07. The van der Waals surface area contributed by atoms with Crippen LogP contribution in [0.2, 0.25) is 0 Å².